The van der Waals surface area contributed by atoms with Crippen LogP contribution >= 0.6 is 11.3 Å². The van der Waals surface area contributed by atoms with Crippen molar-refractivity contribution in [2.75, 3.05) is 0 Å². The van der Waals surface area contributed by atoms with Gasteiger partial charge < -0.3 is 5.11 Å². The van der Waals surface area contributed by atoms with E-state index >= 15 is 0 Å². The lowest BCUT2D eigenvalue weighted by Gasteiger charge is -2.03. The zero-order chi connectivity index (χ0) is 12.5. The van der Waals surface area contributed by atoms with Crippen LogP contribution < -0.4 is 0 Å². The third-order valence-corrected chi connectivity index (χ3v) is 3.65. The molecule has 0 amide bonds. The van der Waals surface area contributed by atoms with E-state index in [2.05, 4.69) is 4.98 Å². The molecule has 0 aliphatic heterocycles. The smallest absolute Gasteiger partial charge is 0.337 e. The summed E-state index contributed by atoms with van der Waals surface area (Å²) in [4.78, 5) is 15.8. The Hall–Kier alpha value is -2.20. The van der Waals surface area contributed by atoms with Gasteiger partial charge in [-0.3, -0.25) is 0 Å². The molecule has 0 unspecified atom stereocenters. The van der Waals surface area contributed by atoms with Crippen LogP contribution in [0.25, 0.3) is 21.5 Å². The molecule has 0 atom stereocenters. The molecule has 2 heterocycles. The second-order valence-corrected chi connectivity index (χ2v) is 4.78. The third kappa shape index (κ3) is 1.76. The summed E-state index contributed by atoms with van der Waals surface area (Å²) in [5.74, 6) is -0.915. The Labute approximate surface area is 107 Å². The summed E-state index contributed by atoms with van der Waals surface area (Å²) < 4.78 is 0.724. The van der Waals surface area contributed by atoms with Crippen molar-refractivity contribution in [1.29, 1.82) is 0 Å². The van der Waals surface area contributed by atoms with Crippen LogP contribution in [0.3, 0.4) is 0 Å². The number of rotatable bonds is 2. The van der Waals surface area contributed by atoms with Gasteiger partial charge in [-0.1, -0.05) is 30.3 Å². The minimum Gasteiger partial charge on any atom is -0.478 e. The molecule has 0 fully saturated rings. The van der Waals surface area contributed by atoms with E-state index in [1.165, 1.54) is 11.3 Å². The summed E-state index contributed by atoms with van der Waals surface area (Å²) in [5, 5.41) is 11.1. The second-order valence-electron chi connectivity index (χ2n) is 3.86. The summed E-state index contributed by atoms with van der Waals surface area (Å²) in [5.41, 5.74) is 2.67. The molecule has 3 aromatic rings. The minimum absolute atomic E-state index is 0.314. The molecule has 1 aromatic carbocycles. The molecule has 0 saturated heterocycles. The fraction of sp³-hybridized carbons (Fsp3) is 0. The van der Waals surface area contributed by atoms with E-state index in [4.69, 9.17) is 0 Å². The van der Waals surface area contributed by atoms with Gasteiger partial charge in [-0.2, -0.15) is 0 Å². The molecule has 0 radical (unpaired) electrons. The summed E-state index contributed by atoms with van der Waals surface area (Å²) in [6, 6.07) is 13.1. The maximum Gasteiger partial charge on any atom is 0.337 e. The topological polar surface area (TPSA) is 50.2 Å². The van der Waals surface area contributed by atoms with E-state index in [1.54, 1.807) is 6.07 Å². The van der Waals surface area contributed by atoms with Gasteiger partial charge in [0.2, 0.25) is 0 Å². The van der Waals surface area contributed by atoms with Gasteiger partial charge in [0.1, 0.15) is 0 Å². The molecule has 18 heavy (non-hydrogen) atoms. The number of pyridine rings is 1. The van der Waals surface area contributed by atoms with Gasteiger partial charge in [0.15, 0.2) is 0 Å². The van der Waals surface area contributed by atoms with Crippen LogP contribution in [0.4, 0.5) is 0 Å². The van der Waals surface area contributed by atoms with Crippen LogP contribution in [0, 0.1) is 0 Å². The number of thiophene rings is 1. The van der Waals surface area contributed by atoms with Gasteiger partial charge in [0.25, 0.3) is 0 Å². The Kier molecular flexibility index (Phi) is 2.57. The number of aromatic nitrogens is 1. The first-order valence-electron chi connectivity index (χ1n) is 5.42. The molecule has 0 spiro atoms. The van der Waals surface area contributed by atoms with E-state index in [0.29, 0.717) is 11.3 Å². The minimum atomic E-state index is -0.915. The second kappa shape index (κ2) is 4.23. The van der Waals surface area contributed by atoms with Crippen LogP contribution in [0.2, 0.25) is 0 Å². The maximum atomic E-state index is 11.3. The zero-order valence-corrected chi connectivity index (χ0v) is 10.1. The van der Waals surface area contributed by atoms with Gasteiger partial charge in [-0.15, -0.1) is 11.3 Å². The van der Waals surface area contributed by atoms with Crippen LogP contribution in [-0.4, -0.2) is 16.1 Å². The number of carbonyl (C=O) groups is 1. The molecule has 4 heteroatoms. The average Bonchev–Trinajstić information content (AvgIpc) is 2.86. The first-order valence-corrected chi connectivity index (χ1v) is 6.30. The molecule has 3 nitrogen and oxygen atoms in total. The number of hydrogen-bond acceptors (Lipinski definition) is 3. The van der Waals surface area contributed by atoms with E-state index < -0.39 is 5.97 Å². The molecular formula is C14H9NO2S. The van der Waals surface area contributed by atoms with Gasteiger partial charge in [-0.05, 0) is 17.5 Å². The highest BCUT2D eigenvalue weighted by Gasteiger charge is 2.13. The average molecular weight is 255 g/mol. The highest BCUT2D eigenvalue weighted by molar-refractivity contribution is 7.17. The molecule has 0 aliphatic carbocycles. The van der Waals surface area contributed by atoms with Crippen molar-refractivity contribution in [3.05, 3.63) is 53.4 Å². The molecule has 88 valence electrons. The lowest BCUT2D eigenvalue weighted by Crippen LogP contribution is -1.98. The Morgan fingerprint density at radius 2 is 1.94 bits per heavy atom. The SMILES string of the molecule is O=C(O)c1cc(-c2ccccc2)nc2ccsc12. The summed E-state index contributed by atoms with van der Waals surface area (Å²) in [6.07, 6.45) is 0. The zero-order valence-electron chi connectivity index (χ0n) is 9.33. The van der Waals surface area contributed by atoms with E-state index in [9.17, 15) is 9.90 Å². The molecular weight excluding hydrogens is 246 g/mol. The number of benzene rings is 1. The van der Waals surface area contributed by atoms with Crippen LogP contribution in [-0.2, 0) is 0 Å². The lowest BCUT2D eigenvalue weighted by atomic mass is 10.1. The van der Waals surface area contributed by atoms with Crippen molar-refractivity contribution in [3.63, 3.8) is 0 Å². The van der Waals surface area contributed by atoms with Gasteiger partial charge in [-0.25, -0.2) is 9.78 Å². The summed E-state index contributed by atoms with van der Waals surface area (Å²) in [7, 11) is 0. The first-order chi connectivity index (χ1) is 8.75. The number of fused-ring (bicyclic) bond motifs is 1. The largest absolute Gasteiger partial charge is 0.478 e. The molecule has 2 aromatic heterocycles. The Morgan fingerprint density at radius 3 is 2.67 bits per heavy atom. The highest BCUT2D eigenvalue weighted by atomic mass is 32.1. The fourth-order valence-corrected chi connectivity index (χ4v) is 2.71. The van der Waals surface area contributed by atoms with Crippen LogP contribution in [0.5, 0.6) is 0 Å². The van der Waals surface area contributed by atoms with Crippen LogP contribution in [0.15, 0.2) is 47.8 Å². The number of nitrogens with zero attached hydrogens (tertiary/aromatic N) is 1. The third-order valence-electron chi connectivity index (χ3n) is 2.71. The van der Waals surface area contributed by atoms with Crippen molar-refractivity contribution in [1.82, 2.24) is 4.98 Å². The molecule has 1 N–H and O–H groups in total. The van der Waals surface area contributed by atoms with Gasteiger partial charge >= 0.3 is 5.97 Å². The van der Waals surface area contributed by atoms with E-state index in [-0.39, 0.29) is 0 Å². The van der Waals surface area contributed by atoms with Crippen molar-refractivity contribution in [2.24, 2.45) is 0 Å². The standard InChI is InChI=1S/C14H9NO2S/c16-14(17)10-8-12(9-4-2-1-3-5-9)15-11-6-7-18-13(10)11/h1-8H,(H,16,17). The molecule has 3 rings (SSSR count). The molecule has 0 aliphatic rings. The van der Waals surface area contributed by atoms with E-state index in [1.807, 2.05) is 41.8 Å². The Balaban J connectivity index is 2.29. The number of aromatic carboxylic acids is 1. The summed E-state index contributed by atoms with van der Waals surface area (Å²) >= 11 is 1.40. The van der Waals surface area contributed by atoms with Crippen LogP contribution in [0.1, 0.15) is 10.4 Å². The first kappa shape index (κ1) is 10.9. The van der Waals surface area contributed by atoms with Crippen molar-refractivity contribution in [3.8, 4) is 11.3 Å². The molecule has 0 saturated carbocycles. The lowest BCUT2D eigenvalue weighted by molar-refractivity contribution is 0.0699. The van der Waals surface area contributed by atoms with Crippen molar-refractivity contribution < 1.29 is 9.90 Å². The monoisotopic (exact) mass is 255 g/mol. The number of carboxylic acids is 1. The number of hydrogen-bond donors (Lipinski definition) is 1. The Bertz CT molecular complexity index is 719. The Morgan fingerprint density at radius 1 is 1.17 bits per heavy atom. The fourth-order valence-electron chi connectivity index (χ4n) is 1.87. The van der Waals surface area contributed by atoms with Crippen molar-refractivity contribution >= 4 is 27.5 Å². The highest BCUT2D eigenvalue weighted by Crippen LogP contribution is 2.28. The van der Waals surface area contributed by atoms with Gasteiger partial charge in [0.05, 0.1) is 21.5 Å². The number of carboxylic acid groups (broad SMARTS) is 1. The molecule has 0 bridgehead atoms. The van der Waals surface area contributed by atoms with Gasteiger partial charge in [0, 0.05) is 5.56 Å². The normalized spacial score (nSPS) is 10.7. The quantitative estimate of drug-likeness (QED) is 0.760. The van der Waals surface area contributed by atoms with E-state index in [0.717, 1.165) is 15.8 Å². The van der Waals surface area contributed by atoms with Crippen molar-refractivity contribution in [2.45, 2.75) is 0 Å². The predicted molar refractivity (Wildman–Crippen MR) is 72.0 cm³/mol. The maximum absolute atomic E-state index is 11.3. The predicted octanol–water partition coefficient (Wildman–Crippen LogP) is 3.66. The summed E-state index contributed by atoms with van der Waals surface area (Å²) in [6.45, 7) is 0.